The average Bonchev–Trinajstić information content (AvgIpc) is 3.34. The van der Waals surface area contributed by atoms with Crippen LogP contribution in [0, 0.1) is 18.3 Å². The van der Waals surface area contributed by atoms with Gasteiger partial charge in [-0.3, -0.25) is 4.79 Å². The predicted molar refractivity (Wildman–Crippen MR) is 104 cm³/mol. The molecule has 4 heterocycles. The van der Waals surface area contributed by atoms with Crippen LogP contribution in [0.1, 0.15) is 35.6 Å². The van der Waals surface area contributed by atoms with E-state index in [0.717, 1.165) is 33.4 Å². The van der Waals surface area contributed by atoms with Gasteiger partial charge < -0.3 is 14.0 Å². The van der Waals surface area contributed by atoms with Crippen LogP contribution < -0.4 is 5.56 Å². The maximum absolute atomic E-state index is 13.1. The third-order valence-corrected chi connectivity index (χ3v) is 5.77. The topological polar surface area (TPSA) is 77.1 Å². The highest BCUT2D eigenvalue weighted by atomic mass is 16.7. The number of hydrogen-bond donors (Lipinski definition) is 0. The summed E-state index contributed by atoms with van der Waals surface area (Å²) < 4.78 is 13.6. The molecule has 0 saturated carbocycles. The first-order chi connectivity index (χ1) is 13.6. The Bertz CT molecular complexity index is 1230. The number of hydrogen-bond acceptors (Lipinski definition) is 5. The van der Waals surface area contributed by atoms with Gasteiger partial charge in [0.25, 0.3) is 5.56 Å². The van der Waals surface area contributed by atoms with E-state index in [1.54, 1.807) is 10.6 Å². The van der Waals surface area contributed by atoms with E-state index >= 15 is 0 Å². The molecule has 6 nitrogen and oxygen atoms in total. The van der Waals surface area contributed by atoms with Gasteiger partial charge in [0.2, 0.25) is 0 Å². The summed E-state index contributed by atoms with van der Waals surface area (Å²) in [5, 5.41) is 10.0. The van der Waals surface area contributed by atoms with Crippen LogP contribution in [0.5, 0.6) is 0 Å². The Labute approximate surface area is 162 Å². The molecular weight excluding hydrogens is 354 g/mol. The van der Waals surface area contributed by atoms with Crippen molar-refractivity contribution in [1.29, 1.82) is 5.26 Å². The molecule has 0 unspecified atom stereocenters. The maximum Gasteiger partial charge on any atom is 0.254 e. The van der Waals surface area contributed by atoms with E-state index in [1.165, 1.54) is 0 Å². The summed E-state index contributed by atoms with van der Waals surface area (Å²) in [5.74, 6) is -0.861. The van der Waals surface area contributed by atoms with E-state index in [2.05, 4.69) is 6.07 Å². The Morgan fingerprint density at radius 1 is 1.25 bits per heavy atom. The molecule has 0 N–H and O–H groups in total. The van der Waals surface area contributed by atoms with E-state index in [0.29, 0.717) is 37.3 Å². The Balaban J connectivity index is 1.74. The number of fused-ring (bicyclic) bond motifs is 4. The van der Waals surface area contributed by atoms with Crippen LogP contribution >= 0.6 is 0 Å². The minimum atomic E-state index is -0.861. The van der Waals surface area contributed by atoms with Crippen molar-refractivity contribution in [1.82, 2.24) is 9.55 Å². The molecule has 5 rings (SSSR count). The van der Waals surface area contributed by atoms with Crippen LogP contribution in [0.25, 0.3) is 22.3 Å². The van der Waals surface area contributed by atoms with Crippen molar-refractivity contribution in [3.63, 3.8) is 0 Å². The van der Waals surface area contributed by atoms with Gasteiger partial charge in [0.15, 0.2) is 5.79 Å². The zero-order valence-electron chi connectivity index (χ0n) is 15.8. The summed E-state index contributed by atoms with van der Waals surface area (Å²) in [6, 6.07) is 11.6. The van der Waals surface area contributed by atoms with Gasteiger partial charge in [-0.05, 0) is 37.3 Å². The van der Waals surface area contributed by atoms with Crippen molar-refractivity contribution in [2.24, 2.45) is 0 Å². The molecule has 1 saturated heterocycles. The van der Waals surface area contributed by atoms with Crippen molar-refractivity contribution < 1.29 is 9.47 Å². The van der Waals surface area contributed by atoms with Crippen molar-refractivity contribution in [3.05, 3.63) is 62.9 Å². The lowest BCUT2D eigenvalue weighted by atomic mass is 9.97. The monoisotopic (exact) mass is 373 g/mol. The second-order valence-corrected chi connectivity index (χ2v) is 7.28. The number of ether oxygens (including phenoxy) is 2. The van der Waals surface area contributed by atoms with Crippen LogP contribution in [-0.2, 0) is 21.8 Å². The second-order valence-electron chi connectivity index (χ2n) is 7.28. The molecule has 3 aromatic rings. The summed E-state index contributed by atoms with van der Waals surface area (Å²) in [7, 11) is 0. The molecule has 1 aromatic carbocycles. The molecular formula is C22H19N3O3. The van der Waals surface area contributed by atoms with E-state index in [4.69, 9.17) is 19.7 Å². The van der Waals surface area contributed by atoms with Crippen LogP contribution in [0.3, 0.4) is 0 Å². The lowest BCUT2D eigenvalue weighted by Gasteiger charge is -2.28. The van der Waals surface area contributed by atoms with E-state index in [1.807, 2.05) is 38.1 Å². The molecule has 2 aromatic heterocycles. The average molecular weight is 373 g/mol. The quantitative estimate of drug-likeness (QED) is 0.539. The first-order valence-corrected chi connectivity index (χ1v) is 9.43. The van der Waals surface area contributed by atoms with Crippen LogP contribution in [-0.4, -0.2) is 22.8 Å². The SMILES string of the molecule is CCC1(c2cc3n(c(=O)c2C)Cc2cc4cc(C#N)ccc4nc2-3)OCCO1. The largest absolute Gasteiger partial charge is 0.343 e. The number of aromatic nitrogens is 2. The Morgan fingerprint density at radius 3 is 2.75 bits per heavy atom. The third-order valence-electron chi connectivity index (χ3n) is 5.77. The molecule has 6 heteroatoms. The summed E-state index contributed by atoms with van der Waals surface area (Å²) in [6.07, 6.45) is 0.631. The summed E-state index contributed by atoms with van der Waals surface area (Å²) in [6.45, 7) is 5.35. The van der Waals surface area contributed by atoms with Gasteiger partial charge >= 0.3 is 0 Å². The summed E-state index contributed by atoms with van der Waals surface area (Å²) in [4.78, 5) is 17.9. The fourth-order valence-electron chi connectivity index (χ4n) is 4.31. The molecule has 140 valence electrons. The number of rotatable bonds is 2. The highest BCUT2D eigenvalue weighted by Gasteiger charge is 2.40. The first-order valence-electron chi connectivity index (χ1n) is 9.43. The normalized spacial score (nSPS) is 16.8. The molecule has 0 bridgehead atoms. The molecule has 0 aliphatic carbocycles. The van der Waals surface area contributed by atoms with Crippen LogP contribution in [0.15, 0.2) is 35.1 Å². The summed E-state index contributed by atoms with van der Waals surface area (Å²) >= 11 is 0. The van der Waals surface area contributed by atoms with Gasteiger partial charge in [0.05, 0.1) is 48.3 Å². The maximum atomic E-state index is 13.1. The second kappa shape index (κ2) is 5.99. The Kier molecular flexibility index (Phi) is 3.66. The molecule has 2 aliphatic heterocycles. The lowest BCUT2D eigenvalue weighted by Crippen LogP contribution is -2.32. The standard InChI is InChI=1S/C22H19N3O3/c1-3-22(27-6-7-28-22)17-10-19-20-16(12-25(19)21(26)13(17)2)9-15-8-14(11-23)4-5-18(15)24-20/h4-5,8-10H,3,6-7,12H2,1-2H3. The van der Waals surface area contributed by atoms with E-state index in [9.17, 15) is 4.79 Å². The van der Waals surface area contributed by atoms with Crippen molar-refractivity contribution >= 4 is 10.9 Å². The van der Waals surface area contributed by atoms with Crippen molar-refractivity contribution in [2.45, 2.75) is 32.6 Å². The molecule has 1 fully saturated rings. The highest BCUT2D eigenvalue weighted by molar-refractivity contribution is 5.85. The van der Waals surface area contributed by atoms with Crippen LogP contribution in [0.4, 0.5) is 0 Å². The summed E-state index contributed by atoms with van der Waals surface area (Å²) in [5.41, 5.74) is 5.38. The Morgan fingerprint density at radius 2 is 2.04 bits per heavy atom. The fourth-order valence-corrected chi connectivity index (χ4v) is 4.31. The van der Waals surface area contributed by atoms with Gasteiger partial charge in [-0.25, -0.2) is 4.98 Å². The number of pyridine rings is 2. The molecule has 2 aliphatic rings. The third kappa shape index (κ3) is 2.27. The number of nitriles is 1. The van der Waals surface area contributed by atoms with Crippen LogP contribution in [0.2, 0.25) is 0 Å². The zero-order chi connectivity index (χ0) is 19.5. The molecule has 28 heavy (non-hydrogen) atoms. The van der Waals surface area contributed by atoms with E-state index in [-0.39, 0.29) is 5.56 Å². The highest BCUT2D eigenvalue weighted by Crippen LogP contribution is 2.39. The first kappa shape index (κ1) is 17.1. The smallest absolute Gasteiger partial charge is 0.254 e. The van der Waals surface area contributed by atoms with Gasteiger partial charge in [0, 0.05) is 28.5 Å². The fraction of sp³-hybridized carbons (Fsp3) is 0.318. The minimum Gasteiger partial charge on any atom is -0.343 e. The van der Waals surface area contributed by atoms with Crippen molar-refractivity contribution in [3.8, 4) is 17.5 Å². The molecule has 0 radical (unpaired) electrons. The number of nitrogens with zero attached hydrogens (tertiary/aromatic N) is 3. The van der Waals surface area contributed by atoms with Gasteiger partial charge in [-0.2, -0.15) is 5.26 Å². The molecule has 0 amide bonds. The van der Waals surface area contributed by atoms with Gasteiger partial charge in [-0.15, -0.1) is 0 Å². The zero-order valence-corrected chi connectivity index (χ0v) is 15.8. The Hall–Kier alpha value is -3.01. The van der Waals surface area contributed by atoms with Gasteiger partial charge in [-0.1, -0.05) is 6.92 Å². The number of benzene rings is 1. The lowest BCUT2D eigenvalue weighted by molar-refractivity contribution is -0.168. The van der Waals surface area contributed by atoms with Gasteiger partial charge in [0.1, 0.15) is 0 Å². The molecule has 0 atom stereocenters. The minimum absolute atomic E-state index is 0.0424. The molecule has 0 spiro atoms. The predicted octanol–water partition coefficient (Wildman–Crippen LogP) is 3.21. The van der Waals surface area contributed by atoms with E-state index < -0.39 is 5.79 Å². The van der Waals surface area contributed by atoms with Crippen molar-refractivity contribution in [2.75, 3.05) is 13.2 Å².